The highest BCUT2D eigenvalue weighted by Crippen LogP contribution is 2.06. The molecule has 2 N–H and O–H groups in total. The number of carbonyl (C=O) groups excluding carboxylic acids is 1. The van der Waals surface area contributed by atoms with Crippen LogP contribution in [0.1, 0.15) is 33.6 Å². The molecule has 0 radical (unpaired) electrons. The molecule has 1 atom stereocenters. The lowest BCUT2D eigenvalue weighted by Crippen LogP contribution is -2.48. The second-order valence-electron chi connectivity index (χ2n) is 3.59. The van der Waals surface area contributed by atoms with Crippen LogP contribution in [0, 0.1) is 0 Å². The molecule has 0 rings (SSSR count). The summed E-state index contributed by atoms with van der Waals surface area (Å²) in [6.07, 6.45) is 1.73. The van der Waals surface area contributed by atoms with Gasteiger partial charge in [-0.2, -0.15) is 0 Å². The number of carbonyl (C=O) groups is 2. The Morgan fingerprint density at radius 1 is 1.33 bits per heavy atom. The van der Waals surface area contributed by atoms with E-state index in [9.17, 15) is 9.59 Å². The molecule has 0 saturated carbocycles. The Morgan fingerprint density at radius 2 is 1.80 bits per heavy atom. The molecule has 0 bridgehead atoms. The minimum absolute atomic E-state index is 0.158. The van der Waals surface area contributed by atoms with Crippen molar-refractivity contribution in [3.05, 3.63) is 0 Å². The van der Waals surface area contributed by atoms with Gasteiger partial charge < -0.3 is 15.3 Å². The fourth-order valence-corrected chi connectivity index (χ4v) is 1.35. The van der Waals surface area contributed by atoms with Gasteiger partial charge in [-0.15, -0.1) is 0 Å². The summed E-state index contributed by atoms with van der Waals surface area (Å²) in [5, 5.41) is 11.0. The molecule has 15 heavy (non-hydrogen) atoms. The van der Waals surface area contributed by atoms with Crippen LogP contribution in [0.2, 0.25) is 0 Å². The molecule has 0 unspecified atom stereocenters. The van der Waals surface area contributed by atoms with Gasteiger partial charge in [0.05, 0.1) is 0 Å². The SMILES string of the molecule is CCC(CC)N(C)C(=O)N[C@H](C)C(=O)O. The summed E-state index contributed by atoms with van der Waals surface area (Å²) in [6.45, 7) is 5.44. The second kappa shape index (κ2) is 6.27. The number of nitrogens with zero attached hydrogens (tertiary/aromatic N) is 1. The minimum atomic E-state index is -1.03. The maximum absolute atomic E-state index is 11.6. The van der Waals surface area contributed by atoms with E-state index in [1.54, 1.807) is 11.9 Å². The van der Waals surface area contributed by atoms with Crippen LogP contribution in [0.5, 0.6) is 0 Å². The molecule has 0 aromatic carbocycles. The number of carboxylic acid groups (broad SMARTS) is 1. The maximum Gasteiger partial charge on any atom is 0.325 e. The normalized spacial score (nSPS) is 12.3. The number of carboxylic acids is 1. The van der Waals surface area contributed by atoms with Gasteiger partial charge in [-0.25, -0.2) is 4.79 Å². The summed E-state index contributed by atoms with van der Waals surface area (Å²) in [6, 6.07) is -1.03. The Labute approximate surface area is 90.5 Å². The Balaban J connectivity index is 4.26. The Morgan fingerprint density at radius 3 is 2.13 bits per heavy atom. The number of nitrogens with one attached hydrogen (secondary N) is 1. The van der Waals surface area contributed by atoms with Crippen molar-refractivity contribution < 1.29 is 14.7 Å². The number of amides is 2. The average molecular weight is 216 g/mol. The molecule has 5 nitrogen and oxygen atoms in total. The average Bonchev–Trinajstić information content (AvgIpc) is 2.19. The molecule has 0 aromatic rings. The number of urea groups is 1. The molecule has 0 saturated heterocycles. The van der Waals surface area contributed by atoms with E-state index in [0.717, 1.165) is 12.8 Å². The third-order valence-electron chi connectivity index (χ3n) is 2.52. The van der Waals surface area contributed by atoms with E-state index in [0.29, 0.717) is 0 Å². The zero-order valence-electron chi connectivity index (χ0n) is 9.78. The lowest BCUT2D eigenvalue weighted by molar-refractivity contribution is -0.138. The van der Waals surface area contributed by atoms with Gasteiger partial charge >= 0.3 is 12.0 Å². The largest absolute Gasteiger partial charge is 0.480 e. The van der Waals surface area contributed by atoms with Gasteiger partial charge in [0.25, 0.3) is 0 Å². The summed E-state index contributed by atoms with van der Waals surface area (Å²) >= 11 is 0. The molecule has 0 fully saturated rings. The first-order chi connectivity index (χ1) is 6.93. The topological polar surface area (TPSA) is 69.6 Å². The number of hydrogen-bond donors (Lipinski definition) is 2. The van der Waals surface area contributed by atoms with Gasteiger partial charge in [-0.1, -0.05) is 13.8 Å². The van der Waals surface area contributed by atoms with Gasteiger partial charge in [0, 0.05) is 13.1 Å². The first kappa shape index (κ1) is 13.7. The van der Waals surface area contributed by atoms with Crippen LogP contribution >= 0.6 is 0 Å². The minimum Gasteiger partial charge on any atom is -0.480 e. The second-order valence-corrected chi connectivity index (χ2v) is 3.59. The Bertz CT molecular complexity index is 227. The fourth-order valence-electron chi connectivity index (χ4n) is 1.35. The van der Waals surface area contributed by atoms with Crippen molar-refractivity contribution in [2.45, 2.75) is 45.7 Å². The van der Waals surface area contributed by atoms with Crippen LogP contribution in [0.4, 0.5) is 4.79 Å². The summed E-state index contributed by atoms with van der Waals surface area (Å²) in [4.78, 5) is 23.7. The van der Waals surface area contributed by atoms with Gasteiger partial charge in [-0.05, 0) is 19.8 Å². The molecule has 0 spiro atoms. The smallest absolute Gasteiger partial charge is 0.325 e. The molecule has 88 valence electrons. The van der Waals surface area contributed by atoms with Gasteiger partial charge in [0.1, 0.15) is 6.04 Å². The van der Waals surface area contributed by atoms with Crippen LogP contribution in [-0.4, -0.2) is 41.1 Å². The van der Waals surface area contributed by atoms with Crippen LogP contribution in [-0.2, 0) is 4.79 Å². The first-order valence-electron chi connectivity index (χ1n) is 5.20. The predicted octanol–water partition coefficient (Wildman–Crippen LogP) is 1.29. The van der Waals surface area contributed by atoms with E-state index in [1.807, 2.05) is 13.8 Å². The van der Waals surface area contributed by atoms with Crippen LogP contribution in [0.15, 0.2) is 0 Å². The van der Waals surface area contributed by atoms with E-state index in [1.165, 1.54) is 6.92 Å². The fraction of sp³-hybridized carbons (Fsp3) is 0.800. The van der Waals surface area contributed by atoms with Crippen molar-refractivity contribution in [3.63, 3.8) is 0 Å². The molecule has 0 aliphatic rings. The molecule has 0 heterocycles. The monoisotopic (exact) mass is 216 g/mol. The lowest BCUT2D eigenvalue weighted by Gasteiger charge is -2.27. The summed E-state index contributed by atoms with van der Waals surface area (Å²) in [5.74, 6) is -1.03. The van der Waals surface area contributed by atoms with Crippen LogP contribution < -0.4 is 5.32 Å². The molecular formula is C10H20N2O3. The maximum atomic E-state index is 11.6. The van der Waals surface area contributed by atoms with Crippen molar-refractivity contribution in [2.24, 2.45) is 0 Å². The molecule has 5 heteroatoms. The number of hydrogen-bond acceptors (Lipinski definition) is 2. The molecule has 2 amide bonds. The lowest BCUT2D eigenvalue weighted by atomic mass is 10.1. The third kappa shape index (κ3) is 4.18. The zero-order chi connectivity index (χ0) is 12.0. The summed E-state index contributed by atoms with van der Waals surface area (Å²) < 4.78 is 0. The number of rotatable bonds is 5. The van der Waals surface area contributed by atoms with Gasteiger partial charge in [-0.3, -0.25) is 4.79 Å². The van der Waals surface area contributed by atoms with E-state index in [-0.39, 0.29) is 12.1 Å². The van der Waals surface area contributed by atoms with Crippen molar-refractivity contribution in [2.75, 3.05) is 7.05 Å². The van der Waals surface area contributed by atoms with E-state index < -0.39 is 12.0 Å². The predicted molar refractivity (Wildman–Crippen MR) is 57.8 cm³/mol. The Kier molecular flexibility index (Phi) is 5.74. The summed E-state index contributed by atoms with van der Waals surface area (Å²) in [7, 11) is 1.68. The van der Waals surface area contributed by atoms with Crippen molar-refractivity contribution in [1.29, 1.82) is 0 Å². The zero-order valence-corrected chi connectivity index (χ0v) is 9.78. The van der Waals surface area contributed by atoms with E-state index in [4.69, 9.17) is 5.11 Å². The van der Waals surface area contributed by atoms with Crippen LogP contribution in [0.3, 0.4) is 0 Å². The highest BCUT2D eigenvalue weighted by atomic mass is 16.4. The molecular weight excluding hydrogens is 196 g/mol. The highest BCUT2D eigenvalue weighted by Gasteiger charge is 2.20. The standard InChI is InChI=1S/C10H20N2O3/c1-5-8(6-2)12(4)10(15)11-7(3)9(13)14/h7-8H,5-6H2,1-4H3,(H,11,15)(H,13,14)/t7-/m1/s1. The van der Waals surface area contributed by atoms with E-state index >= 15 is 0 Å². The van der Waals surface area contributed by atoms with Gasteiger partial charge in [0.15, 0.2) is 0 Å². The first-order valence-corrected chi connectivity index (χ1v) is 5.20. The Hall–Kier alpha value is -1.26. The number of aliphatic carboxylic acids is 1. The van der Waals surface area contributed by atoms with Crippen molar-refractivity contribution in [1.82, 2.24) is 10.2 Å². The van der Waals surface area contributed by atoms with Crippen molar-refractivity contribution in [3.8, 4) is 0 Å². The summed E-state index contributed by atoms with van der Waals surface area (Å²) in [5.41, 5.74) is 0. The molecule has 0 aliphatic heterocycles. The molecule has 0 aromatic heterocycles. The van der Waals surface area contributed by atoms with Crippen LogP contribution in [0.25, 0.3) is 0 Å². The van der Waals surface area contributed by atoms with Crippen molar-refractivity contribution >= 4 is 12.0 Å². The molecule has 0 aliphatic carbocycles. The quantitative estimate of drug-likeness (QED) is 0.727. The highest BCUT2D eigenvalue weighted by molar-refractivity contribution is 5.82. The van der Waals surface area contributed by atoms with Gasteiger partial charge in [0.2, 0.25) is 0 Å². The third-order valence-corrected chi connectivity index (χ3v) is 2.52. The van der Waals surface area contributed by atoms with E-state index in [2.05, 4.69) is 5.32 Å².